The molecule has 0 saturated carbocycles. The Morgan fingerprint density at radius 1 is 1.12 bits per heavy atom. The van der Waals surface area contributed by atoms with Gasteiger partial charge in [0.25, 0.3) is 0 Å². The zero-order valence-corrected chi connectivity index (χ0v) is 13.9. The maximum Gasteiger partial charge on any atom is 0.245 e. The van der Waals surface area contributed by atoms with Crippen LogP contribution in [0.5, 0.6) is 0 Å². The number of pyridine rings is 1. The van der Waals surface area contributed by atoms with Gasteiger partial charge in [0.15, 0.2) is 0 Å². The van der Waals surface area contributed by atoms with Gasteiger partial charge in [-0.25, -0.2) is 9.37 Å². The number of amides is 2. The molecule has 0 radical (unpaired) electrons. The molecule has 6 nitrogen and oxygen atoms in total. The van der Waals surface area contributed by atoms with E-state index in [-0.39, 0.29) is 23.7 Å². The van der Waals surface area contributed by atoms with Crippen molar-refractivity contribution < 1.29 is 14.0 Å². The summed E-state index contributed by atoms with van der Waals surface area (Å²) in [7, 11) is 0. The van der Waals surface area contributed by atoms with Crippen LogP contribution in [0, 0.1) is 5.82 Å². The van der Waals surface area contributed by atoms with Crippen molar-refractivity contribution >= 4 is 17.6 Å². The first-order valence-corrected chi connectivity index (χ1v) is 8.49. The zero-order chi connectivity index (χ0) is 17.1. The number of piperazine rings is 1. The molecule has 0 aromatic carbocycles. The molecule has 2 fully saturated rings. The van der Waals surface area contributed by atoms with Gasteiger partial charge >= 0.3 is 0 Å². The molecule has 130 valence electrons. The summed E-state index contributed by atoms with van der Waals surface area (Å²) in [6.07, 6.45) is 3.91. The molecule has 1 unspecified atom stereocenters. The zero-order valence-electron chi connectivity index (χ0n) is 13.9. The highest BCUT2D eigenvalue weighted by Crippen LogP contribution is 2.21. The maximum absolute atomic E-state index is 13.0. The fourth-order valence-electron chi connectivity index (χ4n) is 3.49. The number of nitrogens with zero attached hydrogens (tertiary/aromatic N) is 4. The van der Waals surface area contributed by atoms with E-state index in [0.717, 1.165) is 25.1 Å². The van der Waals surface area contributed by atoms with Crippen LogP contribution in [0.2, 0.25) is 0 Å². The van der Waals surface area contributed by atoms with Crippen LogP contribution < -0.4 is 4.90 Å². The Kier molecular flexibility index (Phi) is 4.97. The van der Waals surface area contributed by atoms with Crippen LogP contribution >= 0.6 is 0 Å². The van der Waals surface area contributed by atoms with Gasteiger partial charge < -0.3 is 14.7 Å². The van der Waals surface area contributed by atoms with Crippen molar-refractivity contribution in [1.29, 1.82) is 0 Å². The van der Waals surface area contributed by atoms with Gasteiger partial charge in [0.1, 0.15) is 17.7 Å². The van der Waals surface area contributed by atoms with Crippen molar-refractivity contribution in [3.63, 3.8) is 0 Å². The van der Waals surface area contributed by atoms with Crippen molar-refractivity contribution in [2.24, 2.45) is 0 Å². The highest BCUT2D eigenvalue weighted by Gasteiger charge is 2.34. The third-order valence-electron chi connectivity index (χ3n) is 4.82. The topological polar surface area (TPSA) is 56.8 Å². The van der Waals surface area contributed by atoms with Crippen LogP contribution in [-0.4, -0.2) is 65.4 Å². The molecule has 2 aliphatic rings. The number of likely N-dealkylation sites (tertiary alicyclic amines) is 1. The summed E-state index contributed by atoms with van der Waals surface area (Å²) in [6, 6.07) is 2.74. The van der Waals surface area contributed by atoms with Gasteiger partial charge in [-0.3, -0.25) is 9.59 Å². The fraction of sp³-hybridized carbons (Fsp3) is 0.588. The van der Waals surface area contributed by atoms with E-state index in [4.69, 9.17) is 0 Å². The molecule has 1 aromatic heterocycles. The lowest BCUT2D eigenvalue weighted by Gasteiger charge is -2.40. The number of halogens is 1. The minimum absolute atomic E-state index is 0.0257. The SMILES string of the molecule is CC(=O)N1CCCCC1C(=O)N1CCN(c2ccc(F)cn2)CC1. The first-order chi connectivity index (χ1) is 11.6. The lowest BCUT2D eigenvalue weighted by atomic mass is 10.0. The standard InChI is InChI=1S/C17H23FN4O2/c1-13(23)22-7-3-2-4-15(22)17(24)21-10-8-20(9-11-21)16-6-5-14(18)12-19-16/h5-6,12,15H,2-4,7-11H2,1H3. The molecule has 1 aromatic rings. The Balaban J connectivity index is 1.60. The molecule has 3 heterocycles. The number of hydrogen-bond acceptors (Lipinski definition) is 4. The molecule has 2 amide bonds. The molecular formula is C17H23FN4O2. The van der Waals surface area contributed by atoms with Crippen LogP contribution in [0.3, 0.4) is 0 Å². The van der Waals surface area contributed by atoms with E-state index in [1.165, 1.54) is 19.2 Å². The van der Waals surface area contributed by atoms with Gasteiger partial charge in [-0.2, -0.15) is 0 Å². The second kappa shape index (κ2) is 7.15. The molecule has 7 heteroatoms. The summed E-state index contributed by atoms with van der Waals surface area (Å²) >= 11 is 0. The van der Waals surface area contributed by atoms with E-state index >= 15 is 0 Å². The first kappa shape index (κ1) is 16.7. The smallest absolute Gasteiger partial charge is 0.245 e. The normalized spacial score (nSPS) is 21.8. The largest absolute Gasteiger partial charge is 0.353 e. The third kappa shape index (κ3) is 3.49. The number of carbonyl (C=O) groups excluding carboxylic acids is 2. The van der Waals surface area contributed by atoms with E-state index in [1.54, 1.807) is 11.0 Å². The predicted octanol–water partition coefficient (Wildman–Crippen LogP) is 1.27. The van der Waals surface area contributed by atoms with Crippen molar-refractivity contribution in [2.45, 2.75) is 32.2 Å². The fourth-order valence-corrected chi connectivity index (χ4v) is 3.49. The Morgan fingerprint density at radius 3 is 2.50 bits per heavy atom. The van der Waals surface area contributed by atoms with Crippen molar-refractivity contribution in [1.82, 2.24) is 14.8 Å². The highest BCUT2D eigenvalue weighted by atomic mass is 19.1. The third-order valence-corrected chi connectivity index (χ3v) is 4.82. The second-order valence-electron chi connectivity index (χ2n) is 6.37. The van der Waals surface area contributed by atoms with Gasteiger partial charge in [-0.05, 0) is 31.4 Å². The van der Waals surface area contributed by atoms with E-state index in [9.17, 15) is 14.0 Å². The van der Waals surface area contributed by atoms with Gasteiger partial charge in [-0.15, -0.1) is 0 Å². The number of anilines is 1. The van der Waals surface area contributed by atoms with Gasteiger partial charge in [0.2, 0.25) is 11.8 Å². The second-order valence-corrected chi connectivity index (χ2v) is 6.37. The summed E-state index contributed by atoms with van der Waals surface area (Å²) in [5, 5.41) is 0. The number of piperidine rings is 1. The molecule has 2 saturated heterocycles. The molecule has 24 heavy (non-hydrogen) atoms. The highest BCUT2D eigenvalue weighted by molar-refractivity contribution is 5.87. The lowest BCUT2D eigenvalue weighted by Crippen LogP contribution is -2.57. The first-order valence-electron chi connectivity index (χ1n) is 8.49. The van der Waals surface area contributed by atoms with Crippen LogP contribution in [0.4, 0.5) is 10.2 Å². The summed E-state index contributed by atoms with van der Waals surface area (Å²) < 4.78 is 13.0. The van der Waals surface area contributed by atoms with Gasteiger partial charge in [0, 0.05) is 39.6 Å². The predicted molar refractivity (Wildman–Crippen MR) is 88.0 cm³/mol. The Morgan fingerprint density at radius 2 is 1.88 bits per heavy atom. The van der Waals surface area contributed by atoms with Crippen LogP contribution in [0.15, 0.2) is 18.3 Å². The molecule has 0 bridgehead atoms. The summed E-state index contributed by atoms with van der Waals surface area (Å²) in [5.74, 6) is 0.402. The summed E-state index contributed by atoms with van der Waals surface area (Å²) in [6.45, 7) is 4.73. The van der Waals surface area contributed by atoms with Crippen molar-refractivity contribution in [2.75, 3.05) is 37.6 Å². The van der Waals surface area contributed by atoms with Gasteiger partial charge in [0.05, 0.1) is 6.20 Å². The molecular weight excluding hydrogens is 311 g/mol. The minimum Gasteiger partial charge on any atom is -0.353 e. The molecule has 1 atom stereocenters. The van der Waals surface area contributed by atoms with Gasteiger partial charge in [-0.1, -0.05) is 0 Å². The van der Waals surface area contributed by atoms with E-state index in [0.29, 0.717) is 32.7 Å². The maximum atomic E-state index is 13.0. The Hall–Kier alpha value is -2.18. The van der Waals surface area contributed by atoms with Crippen molar-refractivity contribution in [3.05, 3.63) is 24.1 Å². The minimum atomic E-state index is -0.353. The molecule has 0 N–H and O–H groups in total. The Labute approximate surface area is 141 Å². The van der Waals surface area contributed by atoms with Crippen LogP contribution in [0.25, 0.3) is 0 Å². The van der Waals surface area contributed by atoms with Crippen molar-refractivity contribution in [3.8, 4) is 0 Å². The quantitative estimate of drug-likeness (QED) is 0.817. The average Bonchev–Trinajstić information content (AvgIpc) is 2.62. The summed E-state index contributed by atoms with van der Waals surface area (Å²) in [5.41, 5.74) is 0. The number of hydrogen-bond donors (Lipinski definition) is 0. The van der Waals surface area contributed by atoms with E-state index in [1.807, 2.05) is 9.80 Å². The van der Waals surface area contributed by atoms with E-state index < -0.39 is 0 Å². The Bertz CT molecular complexity index is 599. The number of carbonyl (C=O) groups is 2. The molecule has 0 spiro atoms. The lowest BCUT2D eigenvalue weighted by molar-refractivity contribution is -0.146. The average molecular weight is 334 g/mol. The number of rotatable bonds is 2. The van der Waals surface area contributed by atoms with Crippen LogP contribution in [-0.2, 0) is 9.59 Å². The summed E-state index contributed by atoms with van der Waals surface area (Å²) in [4.78, 5) is 34.3. The molecule has 3 rings (SSSR count). The molecule has 0 aliphatic carbocycles. The molecule has 2 aliphatic heterocycles. The monoisotopic (exact) mass is 334 g/mol. The number of aromatic nitrogens is 1. The van der Waals surface area contributed by atoms with E-state index in [2.05, 4.69) is 4.98 Å². The van der Waals surface area contributed by atoms with Crippen LogP contribution in [0.1, 0.15) is 26.2 Å².